The summed E-state index contributed by atoms with van der Waals surface area (Å²) < 4.78 is 5.24. The molecule has 0 heterocycles. The summed E-state index contributed by atoms with van der Waals surface area (Å²) in [7, 11) is 0. The molecule has 0 aliphatic rings. The highest BCUT2D eigenvalue weighted by Gasteiger charge is 2.16. The number of esters is 1. The second-order valence-electron chi connectivity index (χ2n) is 5.62. The maximum Gasteiger partial charge on any atom is 0.316 e. The summed E-state index contributed by atoms with van der Waals surface area (Å²) in [4.78, 5) is 11.5. The molecule has 2 N–H and O–H groups in total. The molecule has 1 atom stereocenters. The molecule has 3 nitrogen and oxygen atoms in total. The summed E-state index contributed by atoms with van der Waals surface area (Å²) in [6.07, 6.45) is 0. The molecule has 0 aliphatic carbocycles. The van der Waals surface area contributed by atoms with E-state index >= 15 is 0 Å². The predicted molar refractivity (Wildman–Crippen MR) is 81.3 cm³/mol. The fourth-order valence-corrected chi connectivity index (χ4v) is 2.43. The molecule has 0 amide bonds. The lowest BCUT2D eigenvalue weighted by Crippen LogP contribution is -2.25. The first-order valence-corrected chi connectivity index (χ1v) is 7.55. The van der Waals surface area contributed by atoms with Gasteiger partial charge in [-0.25, -0.2) is 0 Å². The van der Waals surface area contributed by atoms with Crippen molar-refractivity contribution in [3.05, 3.63) is 35.4 Å². The number of nitrogens with two attached hydrogens (primary N) is 1. The SMILES string of the molecule is Cc1cccc(C(N)CSCC(=O)OC(C)(C)C)c1. The van der Waals surface area contributed by atoms with Crippen LogP contribution in [0.4, 0.5) is 0 Å². The van der Waals surface area contributed by atoms with Crippen LogP contribution in [-0.2, 0) is 9.53 Å². The van der Waals surface area contributed by atoms with Crippen LogP contribution in [0.15, 0.2) is 24.3 Å². The van der Waals surface area contributed by atoms with E-state index in [-0.39, 0.29) is 12.0 Å². The Kier molecular flexibility index (Phi) is 5.88. The van der Waals surface area contributed by atoms with Gasteiger partial charge in [-0.15, -0.1) is 11.8 Å². The maximum absolute atomic E-state index is 11.5. The lowest BCUT2D eigenvalue weighted by Gasteiger charge is -2.19. The van der Waals surface area contributed by atoms with Crippen LogP contribution in [0.1, 0.15) is 37.9 Å². The zero-order valence-electron chi connectivity index (χ0n) is 12.1. The molecule has 19 heavy (non-hydrogen) atoms. The standard InChI is InChI=1S/C15H23NO2S/c1-11-6-5-7-12(8-11)13(16)9-19-10-14(17)18-15(2,3)4/h5-8,13H,9-10,16H2,1-4H3. The minimum Gasteiger partial charge on any atom is -0.459 e. The Morgan fingerprint density at radius 2 is 2.11 bits per heavy atom. The first-order valence-electron chi connectivity index (χ1n) is 6.39. The van der Waals surface area contributed by atoms with Gasteiger partial charge in [0.1, 0.15) is 5.60 Å². The van der Waals surface area contributed by atoms with Gasteiger partial charge in [0.15, 0.2) is 0 Å². The van der Waals surface area contributed by atoms with Gasteiger partial charge in [0.25, 0.3) is 0 Å². The molecule has 0 spiro atoms. The van der Waals surface area contributed by atoms with Gasteiger partial charge in [0.2, 0.25) is 0 Å². The highest BCUT2D eigenvalue weighted by Crippen LogP contribution is 2.18. The number of rotatable bonds is 5. The number of carbonyl (C=O) groups excluding carboxylic acids is 1. The quantitative estimate of drug-likeness (QED) is 0.843. The Bertz CT molecular complexity index is 426. The Morgan fingerprint density at radius 1 is 1.42 bits per heavy atom. The van der Waals surface area contributed by atoms with Gasteiger partial charge in [0, 0.05) is 11.8 Å². The fraction of sp³-hybridized carbons (Fsp3) is 0.533. The molecule has 0 aromatic heterocycles. The van der Waals surface area contributed by atoms with E-state index in [0.717, 1.165) is 5.56 Å². The summed E-state index contributed by atoms with van der Waals surface area (Å²) in [5.41, 5.74) is 7.99. The summed E-state index contributed by atoms with van der Waals surface area (Å²) in [6, 6.07) is 8.10. The number of thioether (sulfide) groups is 1. The van der Waals surface area contributed by atoms with Crippen molar-refractivity contribution < 1.29 is 9.53 Å². The highest BCUT2D eigenvalue weighted by molar-refractivity contribution is 7.99. The minimum atomic E-state index is -0.420. The molecule has 0 saturated heterocycles. The molecule has 1 aromatic carbocycles. The number of carbonyl (C=O) groups is 1. The summed E-state index contributed by atoms with van der Waals surface area (Å²) >= 11 is 1.51. The summed E-state index contributed by atoms with van der Waals surface area (Å²) in [5, 5.41) is 0. The Balaban J connectivity index is 2.35. The van der Waals surface area contributed by atoms with Crippen molar-refractivity contribution in [2.45, 2.75) is 39.3 Å². The monoisotopic (exact) mass is 281 g/mol. The van der Waals surface area contributed by atoms with Crippen molar-refractivity contribution in [3.63, 3.8) is 0 Å². The Morgan fingerprint density at radius 3 is 2.68 bits per heavy atom. The van der Waals surface area contributed by atoms with Crippen LogP contribution in [0.5, 0.6) is 0 Å². The van der Waals surface area contributed by atoms with E-state index < -0.39 is 5.60 Å². The van der Waals surface area contributed by atoms with Gasteiger partial charge < -0.3 is 10.5 Å². The van der Waals surface area contributed by atoms with E-state index in [1.165, 1.54) is 17.3 Å². The molecular formula is C15H23NO2S. The molecule has 106 valence electrons. The van der Waals surface area contributed by atoms with Gasteiger partial charge in [-0.1, -0.05) is 29.8 Å². The lowest BCUT2D eigenvalue weighted by atomic mass is 10.1. The number of benzene rings is 1. The van der Waals surface area contributed by atoms with E-state index in [9.17, 15) is 4.79 Å². The van der Waals surface area contributed by atoms with E-state index in [2.05, 4.69) is 6.07 Å². The number of ether oxygens (including phenoxy) is 1. The average Bonchev–Trinajstić information content (AvgIpc) is 2.26. The van der Waals surface area contributed by atoms with Gasteiger partial charge in [-0.3, -0.25) is 4.79 Å². The number of aryl methyl sites for hydroxylation is 1. The molecule has 0 bridgehead atoms. The Hall–Kier alpha value is -1.00. The Labute approximate surface area is 119 Å². The smallest absolute Gasteiger partial charge is 0.316 e. The van der Waals surface area contributed by atoms with Crippen molar-refractivity contribution in [2.24, 2.45) is 5.73 Å². The molecule has 0 saturated carbocycles. The second-order valence-corrected chi connectivity index (χ2v) is 6.65. The van der Waals surface area contributed by atoms with Crippen molar-refractivity contribution in [2.75, 3.05) is 11.5 Å². The van der Waals surface area contributed by atoms with Gasteiger partial charge >= 0.3 is 5.97 Å². The van der Waals surface area contributed by atoms with Gasteiger partial charge in [0.05, 0.1) is 5.75 Å². The van der Waals surface area contributed by atoms with Crippen LogP contribution < -0.4 is 5.73 Å². The zero-order valence-corrected chi connectivity index (χ0v) is 12.9. The molecule has 4 heteroatoms. The van der Waals surface area contributed by atoms with E-state index in [1.807, 2.05) is 45.9 Å². The largest absolute Gasteiger partial charge is 0.459 e. The van der Waals surface area contributed by atoms with Crippen molar-refractivity contribution in [3.8, 4) is 0 Å². The number of hydrogen-bond acceptors (Lipinski definition) is 4. The molecule has 0 fully saturated rings. The highest BCUT2D eigenvalue weighted by atomic mass is 32.2. The molecule has 1 rings (SSSR count). The third kappa shape index (κ3) is 6.64. The molecule has 0 aliphatic heterocycles. The minimum absolute atomic E-state index is 0.0488. The number of hydrogen-bond donors (Lipinski definition) is 1. The van der Waals surface area contributed by atoms with Gasteiger partial charge in [-0.2, -0.15) is 0 Å². The first kappa shape index (κ1) is 16.1. The van der Waals surface area contributed by atoms with Crippen molar-refractivity contribution in [1.29, 1.82) is 0 Å². The second kappa shape index (κ2) is 6.96. The van der Waals surface area contributed by atoms with Crippen LogP contribution >= 0.6 is 11.8 Å². The summed E-state index contributed by atoms with van der Waals surface area (Å²) in [5.74, 6) is 0.869. The predicted octanol–water partition coefficient (Wildman–Crippen LogP) is 3.07. The molecular weight excluding hydrogens is 258 g/mol. The lowest BCUT2D eigenvalue weighted by molar-refractivity contribution is -0.151. The first-order chi connectivity index (χ1) is 8.78. The van der Waals surface area contributed by atoms with Gasteiger partial charge in [-0.05, 0) is 33.3 Å². The third-order valence-corrected chi connectivity index (χ3v) is 3.44. The van der Waals surface area contributed by atoms with Crippen molar-refractivity contribution in [1.82, 2.24) is 0 Å². The molecule has 1 unspecified atom stereocenters. The fourth-order valence-electron chi connectivity index (χ4n) is 1.64. The van der Waals surface area contributed by atoms with E-state index in [0.29, 0.717) is 11.5 Å². The van der Waals surface area contributed by atoms with Crippen molar-refractivity contribution >= 4 is 17.7 Å². The third-order valence-electron chi connectivity index (χ3n) is 2.41. The topological polar surface area (TPSA) is 52.3 Å². The normalized spacial score (nSPS) is 13.1. The summed E-state index contributed by atoms with van der Waals surface area (Å²) in [6.45, 7) is 7.65. The van der Waals surface area contributed by atoms with Crippen LogP contribution in [0, 0.1) is 6.92 Å². The molecule has 1 aromatic rings. The van der Waals surface area contributed by atoms with Crippen LogP contribution in [0.3, 0.4) is 0 Å². The van der Waals surface area contributed by atoms with E-state index in [4.69, 9.17) is 10.5 Å². The van der Waals surface area contributed by atoms with Crippen LogP contribution in [-0.4, -0.2) is 23.1 Å². The maximum atomic E-state index is 11.5. The van der Waals surface area contributed by atoms with Crippen LogP contribution in [0.25, 0.3) is 0 Å². The average molecular weight is 281 g/mol. The zero-order chi connectivity index (χ0) is 14.5. The van der Waals surface area contributed by atoms with Crippen LogP contribution in [0.2, 0.25) is 0 Å². The molecule has 0 radical (unpaired) electrons. The van der Waals surface area contributed by atoms with E-state index in [1.54, 1.807) is 0 Å².